The summed E-state index contributed by atoms with van der Waals surface area (Å²) in [5.74, 6) is 0. The molecule has 3 nitrogen and oxygen atoms in total. The molecule has 0 spiro atoms. The van der Waals surface area contributed by atoms with Crippen molar-refractivity contribution in [3.05, 3.63) is 63.4 Å². The summed E-state index contributed by atoms with van der Waals surface area (Å²) in [5, 5.41) is 0. The first kappa shape index (κ1) is 12.8. The Balaban J connectivity index is 1.78. The summed E-state index contributed by atoms with van der Waals surface area (Å²) in [6.45, 7) is 1.43. The third-order valence-corrected chi connectivity index (χ3v) is 3.82. The van der Waals surface area contributed by atoms with Gasteiger partial charge in [0.05, 0.1) is 13.2 Å². The van der Waals surface area contributed by atoms with Crippen LogP contribution in [0, 0.1) is 0 Å². The summed E-state index contributed by atoms with van der Waals surface area (Å²) >= 11 is 3.43. The average molecular weight is 319 g/mol. The summed E-state index contributed by atoms with van der Waals surface area (Å²) in [4.78, 5) is 4.17. The molecule has 2 N–H and O–H groups in total. The summed E-state index contributed by atoms with van der Waals surface area (Å²) in [6.07, 6.45) is 4.43. The van der Waals surface area contributed by atoms with E-state index in [-0.39, 0.29) is 6.04 Å². The molecular weight excluding hydrogens is 304 g/mol. The van der Waals surface area contributed by atoms with Crippen LogP contribution in [0.4, 0.5) is 0 Å². The van der Waals surface area contributed by atoms with E-state index >= 15 is 0 Å². The Hall–Kier alpha value is -1.23. The molecule has 1 aliphatic heterocycles. The van der Waals surface area contributed by atoms with Crippen molar-refractivity contribution in [1.82, 2.24) is 4.98 Å². The highest BCUT2D eigenvalue weighted by Crippen LogP contribution is 2.25. The lowest BCUT2D eigenvalue weighted by Gasteiger charge is -2.13. The van der Waals surface area contributed by atoms with Gasteiger partial charge < -0.3 is 10.5 Å². The van der Waals surface area contributed by atoms with E-state index in [1.807, 2.05) is 6.20 Å². The number of hydrogen-bond acceptors (Lipinski definition) is 3. The number of ether oxygens (including phenoxy) is 1. The number of benzene rings is 1. The van der Waals surface area contributed by atoms with Crippen LogP contribution in [0.15, 0.2) is 41.1 Å². The molecule has 0 amide bonds. The minimum atomic E-state index is -0.0120. The van der Waals surface area contributed by atoms with Gasteiger partial charge in [0.2, 0.25) is 0 Å². The predicted octanol–water partition coefficient (Wildman–Crippen LogP) is 3.12. The highest BCUT2D eigenvalue weighted by Gasteiger charge is 2.14. The topological polar surface area (TPSA) is 48.1 Å². The van der Waals surface area contributed by atoms with Crippen molar-refractivity contribution in [2.75, 3.05) is 0 Å². The van der Waals surface area contributed by atoms with Gasteiger partial charge in [0.25, 0.3) is 0 Å². The van der Waals surface area contributed by atoms with Gasteiger partial charge in [-0.1, -0.05) is 18.2 Å². The fraction of sp³-hybridized carbons (Fsp3) is 0.267. The average Bonchev–Trinajstić information content (AvgIpc) is 2.85. The van der Waals surface area contributed by atoms with Crippen LogP contribution in [0.2, 0.25) is 0 Å². The molecule has 0 bridgehead atoms. The fourth-order valence-corrected chi connectivity index (χ4v) is 2.77. The maximum atomic E-state index is 6.29. The van der Waals surface area contributed by atoms with E-state index in [1.54, 1.807) is 6.20 Å². The second-order valence-corrected chi connectivity index (χ2v) is 5.76. The number of rotatable bonds is 3. The van der Waals surface area contributed by atoms with Crippen LogP contribution >= 0.6 is 15.9 Å². The second-order valence-electron chi connectivity index (χ2n) is 4.84. The maximum absolute atomic E-state index is 6.29. The molecule has 2 aromatic rings. The Bertz CT molecular complexity index is 600. The van der Waals surface area contributed by atoms with E-state index < -0.39 is 0 Å². The van der Waals surface area contributed by atoms with Crippen molar-refractivity contribution in [3.63, 3.8) is 0 Å². The molecular formula is C15H15BrN2O. The van der Waals surface area contributed by atoms with Gasteiger partial charge >= 0.3 is 0 Å². The number of nitrogens with two attached hydrogens (primary N) is 1. The molecule has 0 radical (unpaired) electrons. The van der Waals surface area contributed by atoms with Gasteiger partial charge in [-0.2, -0.15) is 0 Å². The number of fused-ring (bicyclic) bond motifs is 1. The fourth-order valence-electron chi connectivity index (χ4n) is 2.36. The van der Waals surface area contributed by atoms with Gasteiger partial charge in [-0.05, 0) is 50.7 Å². The summed E-state index contributed by atoms with van der Waals surface area (Å²) in [7, 11) is 0. The first-order valence-electron chi connectivity index (χ1n) is 6.27. The van der Waals surface area contributed by atoms with Crippen LogP contribution in [-0.4, -0.2) is 4.98 Å². The van der Waals surface area contributed by atoms with Crippen molar-refractivity contribution >= 4 is 15.9 Å². The highest BCUT2D eigenvalue weighted by molar-refractivity contribution is 9.10. The first-order valence-corrected chi connectivity index (χ1v) is 7.06. The van der Waals surface area contributed by atoms with Crippen LogP contribution in [0.25, 0.3) is 0 Å². The van der Waals surface area contributed by atoms with Gasteiger partial charge in [-0.3, -0.25) is 4.98 Å². The van der Waals surface area contributed by atoms with Crippen LogP contribution < -0.4 is 5.73 Å². The molecule has 98 valence electrons. The largest absolute Gasteiger partial charge is 0.372 e. The standard InChI is InChI=1S/C15H15BrN2O/c16-14-3-10(6-18-7-14)4-15(17)11-1-2-12-8-19-9-13(12)5-11/h1-3,5-7,15H,4,8-9,17H2. The van der Waals surface area contributed by atoms with Crippen LogP contribution in [0.5, 0.6) is 0 Å². The lowest BCUT2D eigenvalue weighted by atomic mass is 9.97. The van der Waals surface area contributed by atoms with Gasteiger partial charge in [0.15, 0.2) is 0 Å². The minimum Gasteiger partial charge on any atom is -0.372 e. The monoisotopic (exact) mass is 318 g/mol. The molecule has 2 heterocycles. The number of hydrogen-bond donors (Lipinski definition) is 1. The van der Waals surface area contributed by atoms with E-state index in [2.05, 4.69) is 45.2 Å². The predicted molar refractivity (Wildman–Crippen MR) is 77.5 cm³/mol. The third-order valence-electron chi connectivity index (χ3n) is 3.39. The lowest BCUT2D eigenvalue weighted by Crippen LogP contribution is -2.13. The zero-order valence-electron chi connectivity index (χ0n) is 10.5. The zero-order valence-corrected chi connectivity index (χ0v) is 12.1. The van der Waals surface area contributed by atoms with Gasteiger partial charge in [0.1, 0.15) is 0 Å². The van der Waals surface area contributed by atoms with E-state index in [0.29, 0.717) is 6.61 Å². The van der Waals surface area contributed by atoms with Crippen LogP contribution in [-0.2, 0) is 24.4 Å². The lowest BCUT2D eigenvalue weighted by molar-refractivity contribution is 0.134. The smallest absolute Gasteiger partial charge is 0.0725 e. The molecule has 0 fully saturated rings. The molecule has 19 heavy (non-hydrogen) atoms. The Labute approximate surface area is 120 Å². The van der Waals surface area contributed by atoms with Crippen molar-refractivity contribution in [1.29, 1.82) is 0 Å². The van der Waals surface area contributed by atoms with Gasteiger partial charge in [-0.25, -0.2) is 0 Å². The maximum Gasteiger partial charge on any atom is 0.0725 e. The van der Waals surface area contributed by atoms with E-state index in [1.165, 1.54) is 11.1 Å². The number of nitrogens with zero attached hydrogens (tertiary/aromatic N) is 1. The number of aromatic nitrogens is 1. The van der Waals surface area contributed by atoms with Gasteiger partial charge in [0, 0.05) is 22.9 Å². The normalized spacial score (nSPS) is 15.3. The second kappa shape index (κ2) is 5.41. The quantitative estimate of drug-likeness (QED) is 0.945. The molecule has 0 saturated heterocycles. The number of pyridine rings is 1. The summed E-state index contributed by atoms with van der Waals surface area (Å²) in [6, 6.07) is 8.43. The van der Waals surface area contributed by atoms with Crippen molar-refractivity contribution in [2.45, 2.75) is 25.7 Å². The van der Waals surface area contributed by atoms with Crippen LogP contribution in [0.3, 0.4) is 0 Å². The molecule has 3 rings (SSSR count). The molecule has 0 saturated carbocycles. The Morgan fingerprint density at radius 1 is 1.21 bits per heavy atom. The molecule has 0 aliphatic carbocycles. The third kappa shape index (κ3) is 2.86. The SMILES string of the molecule is NC(Cc1cncc(Br)c1)c1ccc2c(c1)COC2. The molecule has 1 unspecified atom stereocenters. The van der Waals surface area contributed by atoms with Crippen molar-refractivity contribution in [3.8, 4) is 0 Å². The van der Waals surface area contributed by atoms with Crippen LogP contribution in [0.1, 0.15) is 28.3 Å². The molecule has 1 aliphatic rings. The Kier molecular flexibility index (Phi) is 3.64. The highest BCUT2D eigenvalue weighted by atomic mass is 79.9. The molecule has 1 aromatic heterocycles. The summed E-state index contributed by atoms with van der Waals surface area (Å²) in [5.41, 5.74) is 11.1. The Morgan fingerprint density at radius 2 is 2.05 bits per heavy atom. The molecule has 1 aromatic carbocycles. The Morgan fingerprint density at radius 3 is 2.89 bits per heavy atom. The van der Waals surface area contributed by atoms with E-state index in [4.69, 9.17) is 10.5 Å². The van der Waals surface area contributed by atoms with E-state index in [0.717, 1.165) is 28.6 Å². The molecule has 4 heteroatoms. The molecule has 1 atom stereocenters. The van der Waals surface area contributed by atoms with Gasteiger partial charge in [-0.15, -0.1) is 0 Å². The van der Waals surface area contributed by atoms with Crippen molar-refractivity contribution in [2.24, 2.45) is 5.73 Å². The first-order chi connectivity index (χ1) is 9.22. The van der Waals surface area contributed by atoms with Crippen molar-refractivity contribution < 1.29 is 4.74 Å². The zero-order chi connectivity index (χ0) is 13.2. The van der Waals surface area contributed by atoms with E-state index in [9.17, 15) is 0 Å². The summed E-state index contributed by atoms with van der Waals surface area (Å²) < 4.78 is 6.41. The number of halogens is 1. The minimum absolute atomic E-state index is 0.0120.